The Kier molecular flexibility index (Phi) is 5.12. The average molecular weight is 263 g/mol. The lowest BCUT2D eigenvalue weighted by atomic mass is 9.86. The molecule has 2 nitrogen and oxygen atoms in total. The average Bonchev–Trinajstić information content (AvgIpc) is 2.40. The number of nitrogens with one attached hydrogen (secondary N) is 1. The first-order valence-electron chi connectivity index (χ1n) is 6.73. The molecule has 0 heterocycles. The lowest BCUT2D eigenvalue weighted by Gasteiger charge is -2.29. The van der Waals surface area contributed by atoms with Crippen LogP contribution in [0.25, 0.3) is 0 Å². The van der Waals surface area contributed by atoms with Gasteiger partial charge in [0.2, 0.25) is 5.91 Å². The summed E-state index contributed by atoms with van der Waals surface area (Å²) < 4.78 is 0. The molecular weight excluding hydrogens is 242 g/mol. The zero-order valence-electron chi connectivity index (χ0n) is 10.9. The van der Waals surface area contributed by atoms with E-state index >= 15 is 0 Å². The van der Waals surface area contributed by atoms with E-state index in [1.165, 1.54) is 19.3 Å². The van der Waals surface area contributed by atoms with Gasteiger partial charge in [0.15, 0.2) is 0 Å². The van der Waals surface area contributed by atoms with Gasteiger partial charge >= 0.3 is 0 Å². The maximum absolute atomic E-state index is 11.9. The van der Waals surface area contributed by atoms with E-state index in [1.54, 1.807) is 11.8 Å². The second kappa shape index (κ2) is 6.83. The van der Waals surface area contributed by atoms with Gasteiger partial charge in [-0.2, -0.15) is 0 Å². The van der Waals surface area contributed by atoms with Crippen molar-refractivity contribution in [3.63, 3.8) is 0 Å². The summed E-state index contributed by atoms with van der Waals surface area (Å²) in [7, 11) is 0. The molecule has 1 fully saturated rings. The highest BCUT2D eigenvalue weighted by Crippen LogP contribution is 2.24. The van der Waals surface area contributed by atoms with E-state index in [0.717, 1.165) is 11.3 Å². The van der Waals surface area contributed by atoms with Crippen LogP contribution in [0.3, 0.4) is 0 Å². The second-order valence-electron chi connectivity index (χ2n) is 5.04. The molecule has 0 bridgehead atoms. The summed E-state index contributed by atoms with van der Waals surface area (Å²) in [6.07, 6.45) is 4.95. The number of hydrogen-bond acceptors (Lipinski definition) is 2. The van der Waals surface area contributed by atoms with Gasteiger partial charge in [0, 0.05) is 10.9 Å². The molecule has 1 aromatic carbocycles. The SMILES string of the molecule is CC1CCCCC1NC(=O)CSc1ccccc1. The molecule has 2 atom stereocenters. The summed E-state index contributed by atoms with van der Waals surface area (Å²) in [6, 6.07) is 10.5. The molecule has 1 amide bonds. The Morgan fingerprint density at radius 3 is 2.72 bits per heavy atom. The van der Waals surface area contributed by atoms with Crippen molar-refractivity contribution in [3.05, 3.63) is 30.3 Å². The number of carbonyl (C=O) groups is 1. The lowest BCUT2D eigenvalue weighted by molar-refractivity contribution is -0.119. The Bertz CT molecular complexity index is 379. The van der Waals surface area contributed by atoms with Crippen LogP contribution in [-0.4, -0.2) is 17.7 Å². The van der Waals surface area contributed by atoms with Crippen molar-refractivity contribution in [3.8, 4) is 0 Å². The molecule has 3 heteroatoms. The molecule has 0 saturated heterocycles. The van der Waals surface area contributed by atoms with Gasteiger partial charge in [-0.15, -0.1) is 11.8 Å². The number of amides is 1. The van der Waals surface area contributed by atoms with Gasteiger partial charge in [0.1, 0.15) is 0 Å². The highest BCUT2D eigenvalue weighted by atomic mass is 32.2. The fourth-order valence-corrected chi connectivity index (χ4v) is 3.18. The summed E-state index contributed by atoms with van der Waals surface area (Å²) in [5.74, 6) is 1.32. The first kappa shape index (κ1) is 13.5. The Morgan fingerprint density at radius 1 is 1.28 bits per heavy atom. The molecular formula is C15H21NOS. The lowest BCUT2D eigenvalue weighted by Crippen LogP contribution is -2.41. The van der Waals surface area contributed by atoms with E-state index in [9.17, 15) is 4.79 Å². The molecule has 0 aromatic heterocycles. The van der Waals surface area contributed by atoms with Crippen LogP contribution in [0, 0.1) is 5.92 Å². The van der Waals surface area contributed by atoms with Gasteiger partial charge in [-0.1, -0.05) is 38.0 Å². The highest BCUT2D eigenvalue weighted by molar-refractivity contribution is 8.00. The summed E-state index contributed by atoms with van der Waals surface area (Å²) >= 11 is 1.61. The van der Waals surface area contributed by atoms with Gasteiger partial charge in [-0.25, -0.2) is 0 Å². The van der Waals surface area contributed by atoms with E-state index < -0.39 is 0 Å². The van der Waals surface area contributed by atoms with Crippen molar-refractivity contribution in [1.29, 1.82) is 0 Å². The molecule has 18 heavy (non-hydrogen) atoms. The maximum atomic E-state index is 11.9. The minimum Gasteiger partial charge on any atom is -0.352 e. The van der Waals surface area contributed by atoms with E-state index in [0.29, 0.717) is 17.7 Å². The highest BCUT2D eigenvalue weighted by Gasteiger charge is 2.22. The van der Waals surface area contributed by atoms with Crippen LogP contribution in [0.4, 0.5) is 0 Å². The van der Waals surface area contributed by atoms with Gasteiger partial charge in [-0.3, -0.25) is 4.79 Å². The Balaban J connectivity index is 1.75. The first-order chi connectivity index (χ1) is 8.75. The normalized spacial score (nSPS) is 23.6. The largest absolute Gasteiger partial charge is 0.352 e. The molecule has 1 N–H and O–H groups in total. The van der Waals surface area contributed by atoms with Crippen LogP contribution in [-0.2, 0) is 4.79 Å². The zero-order chi connectivity index (χ0) is 12.8. The fourth-order valence-electron chi connectivity index (χ4n) is 2.44. The third-order valence-electron chi connectivity index (χ3n) is 3.57. The number of hydrogen-bond donors (Lipinski definition) is 1. The van der Waals surface area contributed by atoms with Crippen LogP contribution in [0.2, 0.25) is 0 Å². The molecule has 1 aliphatic carbocycles. The quantitative estimate of drug-likeness (QED) is 0.843. The molecule has 1 aromatic rings. The summed E-state index contributed by atoms with van der Waals surface area (Å²) in [5, 5.41) is 3.18. The molecule has 1 saturated carbocycles. The molecule has 2 unspecified atom stereocenters. The van der Waals surface area contributed by atoms with E-state index in [1.807, 2.05) is 30.3 Å². The molecule has 2 rings (SSSR count). The molecule has 1 aliphatic rings. The van der Waals surface area contributed by atoms with Crippen molar-refractivity contribution >= 4 is 17.7 Å². The van der Waals surface area contributed by atoms with E-state index in [4.69, 9.17) is 0 Å². The van der Waals surface area contributed by atoms with Crippen molar-refractivity contribution in [1.82, 2.24) is 5.32 Å². The Morgan fingerprint density at radius 2 is 2.00 bits per heavy atom. The fraction of sp³-hybridized carbons (Fsp3) is 0.533. The number of benzene rings is 1. The van der Waals surface area contributed by atoms with E-state index in [2.05, 4.69) is 12.2 Å². The van der Waals surface area contributed by atoms with Crippen LogP contribution in [0.5, 0.6) is 0 Å². The summed E-state index contributed by atoms with van der Waals surface area (Å²) in [6.45, 7) is 2.24. The monoisotopic (exact) mass is 263 g/mol. The second-order valence-corrected chi connectivity index (χ2v) is 6.09. The van der Waals surface area contributed by atoms with Gasteiger partial charge in [0.05, 0.1) is 5.75 Å². The molecule has 0 radical (unpaired) electrons. The summed E-state index contributed by atoms with van der Waals surface area (Å²) in [4.78, 5) is 13.1. The number of thioether (sulfide) groups is 1. The predicted molar refractivity (Wildman–Crippen MR) is 76.7 cm³/mol. The molecule has 98 valence electrons. The van der Waals surface area contributed by atoms with Crippen LogP contribution >= 0.6 is 11.8 Å². The van der Waals surface area contributed by atoms with E-state index in [-0.39, 0.29) is 5.91 Å². The van der Waals surface area contributed by atoms with Crippen molar-refractivity contribution in [2.24, 2.45) is 5.92 Å². The third-order valence-corrected chi connectivity index (χ3v) is 4.58. The van der Waals surface area contributed by atoms with Crippen LogP contribution < -0.4 is 5.32 Å². The van der Waals surface area contributed by atoms with Crippen molar-refractivity contribution in [2.45, 2.75) is 43.5 Å². The van der Waals surface area contributed by atoms with Crippen LogP contribution in [0.15, 0.2) is 35.2 Å². The zero-order valence-corrected chi connectivity index (χ0v) is 11.7. The van der Waals surface area contributed by atoms with Gasteiger partial charge in [-0.05, 0) is 30.9 Å². The first-order valence-corrected chi connectivity index (χ1v) is 7.71. The van der Waals surface area contributed by atoms with Gasteiger partial charge < -0.3 is 5.32 Å². The van der Waals surface area contributed by atoms with Crippen molar-refractivity contribution in [2.75, 3.05) is 5.75 Å². The van der Waals surface area contributed by atoms with Crippen molar-refractivity contribution < 1.29 is 4.79 Å². The minimum atomic E-state index is 0.169. The molecule has 0 spiro atoms. The number of rotatable bonds is 4. The topological polar surface area (TPSA) is 29.1 Å². The third kappa shape index (κ3) is 4.05. The number of carbonyl (C=O) groups excluding carboxylic acids is 1. The smallest absolute Gasteiger partial charge is 0.230 e. The van der Waals surface area contributed by atoms with Gasteiger partial charge in [0.25, 0.3) is 0 Å². The maximum Gasteiger partial charge on any atom is 0.230 e. The Hall–Kier alpha value is -0.960. The molecule has 0 aliphatic heterocycles. The predicted octanol–water partition coefficient (Wildman–Crippen LogP) is 3.47. The minimum absolute atomic E-state index is 0.169. The van der Waals surface area contributed by atoms with Crippen LogP contribution in [0.1, 0.15) is 32.6 Å². The summed E-state index contributed by atoms with van der Waals surface area (Å²) in [5.41, 5.74) is 0. The Labute approximate surface area is 114 Å². The standard InChI is InChI=1S/C15H21NOS/c1-12-7-5-6-10-14(12)16-15(17)11-18-13-8-3-2-4-9-13/h2-4,8-9,12,14H,5-7,10-11H2,1H3,(H,16,17).